The van der Waals surface area contributed by atoms with Crippen molar-refractivity contribution in [1.29, 1.82) is 0 Å². The summed E-state index contributed by atoms with van der Waals surface area (Å²) in [6.45, 7) is -0.837. The molecular formula is C28H28N2O5. The van der Waals surface area contributed by atoms with Crippen LogP contribution in [0.1, 0.15) is 39.2 Å². The fourth-order valence-electron chi connectivity index (χ4n) is 3.60. The van der Waals surface area contributed by atoms with Crippen molar-refractivity contribution in [2.75, 3.05) is 20.7 Å². The van der Waals surface area contributed by atoms with E-state index in [1.165, 1.54) is 19.7 Å². The van der Waals surface area contributed by atoms with Crippen LogP contribution in [0, 0.1) is 11.8 Å². The predicted octanol–water partition coefficient (Wildman–Crippen LogP) is 2.60. The summed E-state index contributed by atoms with van der Waals surface area (Å²) in [6.07, 6.45) is 4.57. The number of nitrogens with zero attached hydrogens (tertiary/aromatic N) is 1. The molecule has 3 aromatic rings. The van der Waals surface area contributed by atoms with Gasteiger partial charge in [0.2, 0.25) is 5.91 Å². The minimum absolute atomic E-state index is 0.302. The quantitative estimate of drug-likeness (QED) is 0.368. The maximum Gasteiger partial charge on any atom is 0.254 e. The van der Waals surface area contributed by atoms with E-state index in [2.05, 4.69) is 29.3 Å². The van der Waals surface area contributed by atoms with E-state index in [4.69, 9.17) is 9.52 Å². The molecule has 7 nitrogen and oxygen atoms in total. The Hall–Kier alpha value is -4.15. The van der Waals surface area contributed by atoms with Crippen LogP contribution in [0.3, 0.4) is 0 Å². The third kappa shape index (κ3) is 6.92. The highest BCUT2D eigenvalue weighted by atomic mass is 16.3. The number of aliphatic hydroxyl groups is 1. The summed E-state index contributed by atoms with van der Waals surface area (Å²) < 4.78 is 5.36. The van der Waals surface area contributed by atoms with Crippen LogP contribution in [0.25, 0.3) is 0 Å². The van der Waals surface area contributed by atoms with Crippen LogP contribution in [-0.4, -0.2) is 54.3 Å². The summed E-state index contributed by atoms with van der Waals surface area (Å²) in [6, 6.07) is 17.2. The van der Waals surface area contributed by atoms with E-state index in [0.29, 0.717) is 5.56 Å². The first kappa shape index (κ1) is 25.5. The van der Waals surface area contributed by atoms with Gasteiger partial charge >= 0.3 is 0 Å². The Morgan fingerprint density at radius 3 is 2.14 bits per heavy atom. The number of benzene rings is 2. The van der Waals surface area contributed by atoms with Crippen molar-refractivity contribution in [2.24, 2.45) is 0 Å². The van der Waals surface area contributed by atoms with E-state index >= 15 is 0 Å². The van der Waals surface area contributed by atoms with E-state index in [1.807, 2.05) is 24.3 Å². The van der Waals surface area contributed by atoms with Gasteiger partial charge in [-0.2, -0.15) is 0 Å². The number of aliphatic hydroxyl groups excluding tert-OH is 1. The molecule has 0 aliphatic rings. The van der Waals surface area contributed by atoms with Crippen molar-refractivity contribution < 1.29 is 23.9 Å². The van der Waals surface area contributed by atoms with Gasteiger partial charge in [-0.25, -0.2) is 0 Å². The van der Waals surface area contributed by atoms with Crippen LogP contribution in [0.2, 0.25) is 0 Å². The van der Waals surface area contributed by atoms with E-state index in [-0.39, 0.29) is 0 Å². The molecule has 1 heterocycles. The number of furan rings is 1. The maximum absolute atomic E-state index is 12.8. The molecule has 0 aliphatic heterocycles. The molecule has 1 atom stereocenters. The smallest absolute Gasteiger partial charge is 0.254 e. The van der Waals surface area contributed by atoms with Crippen LogP contribution >= 0.6 is 0 Å². The van der Waals surface area contributed by atoms with Gasteiger partial charge in [-0.3, -0.25) is 14.4 Å². The third-order valence-corrected chi connectivity index (χ3v) is 5.57. The van der Waals surface area contributed by atoms with Crippen LogP contribution in [-0.2, 0) is 22.4 Å². The second-order valence-corrected chi connectivity index (χ2v) is 8.01. The Kier molecular flexibility index (Phi) is 8.99. The Morgan fingerprint density at radius 2 is 1.60 bits per heavy atom. The second-order valence-electron chi connectivity index (χ2n) is 8.01. The molecule has 180 valence electrons. The summed E-state index contributed by atoms with van der Waals surface area (Å²) in [7, 11) is 2.71. The first-order valence-electron chi connectivity index (χ1n) is 11.3. The topological polar surface area (TPSA) is 99.9 Å². The van der Waals surface area contributed by atoms with E-state index in [9.17, 15) is 14.4 Å². The molecule has 2 aromatic carbocycles. The van der Waals surface area contributed by atoms with Crippen molar-refractivity contribution in [3.8, 4) is 11.8 Å². The van der Waals surface area contributed by atoms with Crippen molar-refractivity contribution in [3.05, 3.63) is 94.9 Å². The first-order valence-corrected chi connectivity index (χ1v) is 11.3. The van der Waals surface area contributed by atoms with Gasteiger partial charge in [0.25, 0.3) is 5.91 Å². The van der Waals surface area contributed by atoms with Crippen LogP contribution in [0.15, 0.2) is 71.3 Å². The van der Waals surface area contributed by atoms with Gasteiger partial charge in [0.15, 0.2) is 11.8 Å². The molecule has 0 saturated heterocycles. The Balaban J connectivity index is 1.60. The average Bonchev–Trinajstić information content (AvgIpc) is 3.41. The highest BCUT2D eigenvalue weighted by Gasteiger charge is 2.32. The van der Waals surface area contributed by atoms with Crippen LogP contribution in [0.5, 0.6) is 0 Å². The molecule has 0 spiro atoms. The highest BCUT2D eigenvalue weighted by molar-refractivity contribution is 6.10. The molecule has 0 fully saturated rings. The van der Waals surface area contributed by atoms with Crippen LogP contribution in [0.4, 0.5) is 0 Å². The molecule has 0 bridgehead atoms. The monoisotopic (exact) mass is 472 g/mol. The number of hydrogen-bond acceptors (Lipinski definition) is 5. The van der Waals surface area contributed by atoms with Gasteiger partial charge in [-0.1, -0.05) is 24.0 Å². The molecule has 7 heteroatoms. The molecule has 0 radical (unpaired) electrons. The fraction of sp³-hybridized carbons (Fsp3) is 0.250. The third-order valence-electron chi connectivity index (χ3n) is 5.57. The number of Topliss-reactive ketones (excluding diaryl/α,β-unsaturated/α-hetero) is 1. The van der Waals surface area contributed by atoms with Crippen molar-refractivity contribution in [1.82, 2.24) is 10.2 Å². The molecule has 3 rings (SSSR count). The minimum atomic E-state index is -1.40. The lowest BCUT2D eigenvalue weighted by molar-refractivity contribution is -0.135. The number of nitrogens with one attached hydrogen (secondary N) is 1. The van der Waals surface area contributed by atoms with Gasteiger partial charge in [0, 0.05) is 37.2 Å². The lowest BCUT2D eigenvalue weighted by Crippen LogP contribution is -2.52. The normalized spacial score (nSPS) is 11.2. The minimum Gasteiger partial charge on any atom is -0.469 e. The van der Waals surface area contributed by atoms with Gasteiger partial charge in [0.05, 0.1) is 6.26 Å². The Labute approximate surface area is 204 Å². The average molecular weight is 473 g/mol. The summed E-state index contributed by atoms with van der Waals surface area (Å²) in [5.41, 5.74) is 3.15. The lowest BCUT2D eigenvalue weighted by Gasteiger charge is -2.25. The number of ketones is 1. The molecule has 2 amide bonds. The lowest BCUT2D eigenvalue weighted by atomic mass is 10.0. The van der Waals surface area contributed by atoms with E-state index in [0.717, 1.165) is 41.0 Å². The van der Waals surface area contributed by atoms with Gasteiger partial charge in [0.1, 0.15) is 12.4 Å². The van der Waals surface area contributed by atoms with Crippen molar-refractivity contribution >= 4 is 17.6 Å². The first-order chi connectivity index (χ1) is 16.9. The van der Waals surface area contributed by atoms with Crippen LogP contribution < -0.4 is 5.32 Å². The number of likely N-dealkylation sites (N-methyl/N-ethyl adjacent to an activating group) is 2. The highest BCUT2D eigenvalue weighted by Crippen LogP contribution is 2.12. The standard InChI is InChI=1S/C28H28N2O5/c1-29-27(33)26(25(32)19-31)30(2)28(34)23-16-14-22(15-17-23)13-12-21-10-8-20(9-11-21)5-3-6-24-7-4-18-35-24/h4,7-11,14-18,26,31H,3,5-6,19H2,1-2H3,(H,29,33). The number of rotatable bonds is 9. The molecule has 2 N–H and O–H groups in total. The molecule has 35 heavy (non-hydrogen) atoms. The molecule has 1 aromatic heterocycles. The van der Waals surface area contributed by atoms with Gasteiger partial charge < -0.3 is 19.7 Å². The summed E-state index contributed by atoms with van der Waals surface area (Å²) in [5, 5.41) is 11.5. The fourth-order valence-corrected chi connectivity index (χ4v) is 3.60. The predicted molar refractivity (Wildman–Crippen MR) is 132 cm³/mol. The molecule has 1 unspecified atom stereocenters. The second kappa shape index (κ2) is 12.4. The SMILES string of the molecule is CNC(=O)C(C(=O)CO)N(C)C(=O)c1ccc(C#Cc2ccc(CCCc3ccco3)cc2)cc1. The summed E-state index contributed by atoms with van der Waals surface area (Å²) in [5.74, 6) is 5.26. The zero-order valence-electron chi connectivity index (χ0n) is 19.8. The number of aryl methyl sites for hydroxylation is 2. The number of carbonyl (C=O) groups excluding carboxylic acids is 3. The van der Waals surface area contributed by atoms with Gasteiger partial charge in [-0.05, 0) is 66.9 Å². The van der Waals surface area contributed by atoms with Gasteiger partial charge in [-0.15, -0.1) is 0 Å². The summed E-state index contributed by atoms with van der Waals surface area (Å²) in [4.78, 5) is 37.8. The number of hydrogen-bond donors (Lipinski definition) is 2. The van der Waals surface area contributed by atoms with E-state index < -0.39 is 30.2 Å². The number of amides is 2. The molecule has 0 saturated carbocycles. The Bertz CT molecular complexity index is 1190. The maximum atomic E-state index is 12.8. The Morgan fingerprint density at radius 1 is 0.971 bits per heavy atom. The molecule has 0 aliphatic carbocycles. The largest absolute Gasteiger partial charge is 0.469 e. The van der Waals surface area contributed by atoms with E-state index in [1.54, 1.807) is 30.5 Å². The summed E-state index contributed by atoms with van der Waals surface area (Å²) >= 11 is 0. The van der Waals surface area contributed by atoms with Crippen molar-refractivity contribution in [2.45, 2.75) is 25.3 Å². The zero-order chi connectivity index (χ0) is 25.2. The number of carbonyl (C=O) groups is 3. The van der Waals surface area contributed by atoms with Crippen molar-refractivity contribution in [3.63, 3.8) is 0 Å². The molecular weight excluding hydrogens is 444 g/mol. The zero-order valence-corrected chi connectivity index (χ0v) is 19.8.